The Hall–Kier alpha value is -2.36. The van der Waals surface area contributed by atoms with Gasteiger partial charge in [0.1, 0.15) is 5.69 Å². The number of aromatic nitrogens is 4. The summed E-state index contributed by atoms with van der Waals surface area (Å²) in [5, 5.41) is 0. The van der Waals surface area contributed by atoms with Crippen LogP contribution in [0, 0.1) is 0 Å². The van der Waals surface area contributed by atoms with E-state index in [0.717, 1.165) is 22.8 Å². The zero-order chi connectivity index (χ0) is 10.8. The standard InChI is InChI=1S/C12H10N4/c1-3-9(10-4-2-5-13-10)11(14-6-1)12-15-7-8-16-12/h1-8,13H,(H,15,16). The Morgan fingerprint density at radius 3 is 2.62 bits per heavy atom. The number of pyridine rings is 1. The third kappa shape index (κ3) is 1.40. The maximum Gasteiger partial charge on any atom is 0.156 e. The number of nitrogens with one attached hydrogen (secondary N) is 2. The average molecular weight is 210 g/mol. The molecule has 0 fully saturated rings. The molecule has 0 amide bonds. The molecule has 3 rings (SSSR count). The smallest absolute Gasteiger partial charge is 0.156 e. The van der Waals surface area contributed by atoms with E-state index in [1.807, 2.05) is 30.5 Å². The van der Waals surface area contributed by atoms with Gasteiger partial charge in [0.15, 0.2) is 5.82 Å². The van der Waals surface area contributed by atoms with Crippen molar-refractivity contribution < 1.29 is 0 Å². The second kappa shape index (κ2) is 3.66. The molecule has 0 radical (unpaired) electrons. The molecule has 3 heterocycles. The lowest BCUT2D eigenvalue weighted by atomic mass is 10.1. The van der Waals surface area contributed by atoms with Gasteiger partial charge in [0.25, 0.3) is 0 Å². The average Bonchev–Trinajstić information content (AvgIpc) is 3.03. The second-order valence-electron chi connectivity index (χ2n) is 3.42. The van der Waals surface area contributed by atoms with Gasteiger partial charge in [-0.05, 0) is 24.3 Å². The Labute approximate surface area is 92.4 Å². The SMILES string of the molecule is c1c[nH]c(-c2cccnc2-c2ncc[nH]2)c1. The molecule has 0 aliphatic heterocycles. The highest BCUT2D eigenvalue weighted by atomic mass is 14.9. The Kier molecular flexibility index (Phi) is 2.04. The highest BCUT2D eigenvalue weighted by molar-refractivity contribution is 5.75. The van der Waals surface area contributed by atoms with E-state index in [9.17, 15) is 0 Å². The summed E-state index contributed by atoms with van der Waals surface area (Å²) in [6, 6.07) is 7.93. The van der Waals surface area contributed by atoms with Gasteiger partial charge in [0.2, 0.25) is 0 Å². The van der Waals surface area contributed by atoms with Crippen LogP contribution in [0.25, 0.3) is 22.8 Å². The summed E-state index contributed by atoms with van der Waals surface area (Å²) in [5.74, 6) is 0.783. The number of H-pyrrole nitrogens is 2. The lowest BCUT2D eigenvalue weighted by Crippen LogP contribution is -1.90. The number of imidazole rings is 1. The fourth-order valence-electron chi connectivity index (χ4n) is 1.70. The van der Waals surface area contributed by atoms with Crippen molar-refractivity contribution in [2.24, 2.45) is 0 Å². The van der Waals surface area contributed by atoms with Gasteiger partial charge in [-0.3, -0.25) is 4.98 Å². The largest absolute Gasteiger partial charge is 0.361 e. The van der Waals surface area contributed by atoms with Crippen LogP contribution in [0.15, 0.2) is 49.1 Å². The number of nitrogens with zero attached hydrogens (tertiary/aromatic N) is 2. The van der Waals surface area contributed by atoms with Crippen molar-refractivity contribution in [3.8, 4) is 22.8 Å². The third-order valence-electron chi connectivity index (χ3n) is 2.42. The molecule has 16 heavy (non-hydrogen) atoms. The van der Waals surface area contributed by atoms with E-state index in [1.165, 1.54) is 0 Å². The van der Waals surface area contributed by atoms with Crippen LogP contribution in [0.2, 0.25) is 0 Å². The molecule has 0 spiro atoms. The van der Waals surface area contributed by atoms with Gasteiger partial charge >= 0.3 is 0 Å². The molecule has 0 aromatic carbocycles. The zero-order valence-electron chi connectivity index (χ0n) is 8.51. The Bertz CT molecular complexity index is 514. The second-order valence-corrected chi connectivity index (χ2v) is 3.42. The molecule has 78 valence electrons. The predicted octanol–water partition coefficient (Wildman–Crippen LogP) is 2.47. The molecule has 2 N–H and O–H groups in total. The van der Waals surface area contributed by atoms with Gasteiger partial charge in [-0.2, -0.15) is 0 Å². The molecule has 0 bridgehead atoms. The maximum absolute atomic E-state index is 4.36. The van der Waals surface area contributed by atoms with Crippen molar-refractivity contribution in [2.45, 2.75) is 0 Å². The molecule has 0 saturated carbocycles. The molecule has 0 unspecified atom stereocenters. The summed E-state index contributed by atoms with van der Waals surface area (Å²) in [4.78, 5) is 14.8. The van der Waals surface area contributed by atoms with Crippen LogP contribution < -0.4 is 0 Å². The fraction of sp³-hybridized carbons (Fsp3) is 0. The summed E-state index contributed by atoms with van der Waals surface area (Å²) in [6.45, 7) is 0. The van der Waals surface area contributed by atoms with E-state index >= 15 is 0 Å². The predicted molar refractivity (Wildman–Crippen MR) is 61.6 cm³/mol. The third-order valence-corrected chi connectivity index (χ3v) is 2.42. The van der Waals surface area contributed by atoms with Gasteiger partial charge < -0.3 is 9.97 Å². The van der Waals surface area contributed by atoms with E-state index in [2.05, 4.69) is 19.9 Å². The molecular formula is C12H10N4. The van der Waals surface area contributed by atoms with Crippen LogP contribution in [-0.4, -0.2) is 19.9 Å². The van der Waals surface area contributed by atoms with Crippen LogP contribution in [0.1, 0.15) is 0 Å². The summed E-state index contributed by atoms with van der Waals surface area (Å²) in [6.07, 6.45) is 7.18. The molecule has 3 aromatic rings. The number of hydrogen-bond acceptors (Lipinski definition) is 2. The molecule has 4 nitrogen and oxygen atoms in total. The first-order chi connectivity index (χ1) is 7.95. The maximum atomic E-state index is 4.36. The van der Waals surface area contributed by atoms with Crippen LogP contribution in [0.3, 0.4) is 0 Å². The first-order valence-corrected chi connectivity index (χ1v) is 5.03. The van der Waals surface area contributed by atoms with Crippen molar-refractivity contribution in [1.29, 1.82) is 0 Å². The summed E-state index contributed by atoms with van der Waals surface area (Å²) in [7, 11) is 0. The topological polar surface area (TPSA) is 57.4 Å². The highest BCUT2D eigenvalue weighted by Crippen LogP contribution is 2.26. The quantitative estimate of drug-likeness (QED) is 0.682. The van der Waals surface area contributed by atoms with Crippen LogP contribution in [0.4, 0.5) is 0 Å². The first kappa shape index (κ1) is 8.91. The van der Waals surface area contributed by atoms with Crippen molar-refractivity contribution in [3.63, 3.8) is 0 Å². The van der Waals surface area contributed by atoms with Gasteiger partial charge in [-0.25, -0.2) is 4.98 Å². The summed E-state index contributed by atoms with van der Waals surface area (Å²) >= 11 is 0. The molecule has 0 atom stereocenters. The Balaban J connectivity index is 2.19. The lowest BCUT2D eigenvalue weighted by molar-refractivity contribution is 1.22. The van der Waals surface area contributed by atoms with E-state index in [1.54, 1.807) is 18.6 Å². The van der Waals surface area contributed by atoms with Gasteiger partial charge in [0, 0.05) is 36.0 Å². The monoisotopic (exact) mass is 210 g/mol. The van der Waals surface area contributed by atoms with Crippen LogP contribution in [0.5, 0.6) is 0 Å². The molecule has 0 saturated heterocycles. The van der Waals surface area contributed by atoms with Crippen LogP contribution >= 0.6 is 0 Å². The highest BCUT2D eigenvalue weighted by Gasteiger charge is 2.09. The molecule has 0 aliphatic carbocycles. The minimum absolute atomic E-state index is 0.783. The summed E-state index contributed by atoms with van der Waals surface area (Å²) in [5.41, 5.74) is 2.94. The van der Waals surface area contributed by atoms with E-state index in [-0.39, 0.29) is 0 Å². The lowest BCUT2D eigenvalue weighted by Gasteiger charge is -2.03. The fourth-order valence-corrected chi connectivity index (χ4v) is 1.70. The van der Waals surface area contributed by atoms with Crippen LogP contribution in [-0.2, 0) is 0 Å². The normalized spacial score (nSPS) is 10.5. The Morgan fingerprint density at radius 2 is 1.88 bits per heavy atom. The van der Waals surface area contributed by atoms with Crippen molar-refractivity contribution >= 4 is 0 Å². The van der Waals surface area contributed by atoms with Gasteiger partial charge in [0.05, 0.1) is 0 Å². The van der Waals surface area contributed by atoms with Gasteiger partial charge in [-0.1, -0.05) is 0 Å². The van der Waals surface area contributed by atoms with E-state index < -0.39 is 0 Å². The zero-order valence-corrected chi connectivity index (χ0v) is 8.51. The number of rotatable bonds is 2. The number of hydrogen-bond donors (Lipinski definition) is 2. The minimum atomic E-state index is 0.783. The molecular weight excluding hydrogens is 200 g/mol. The summed E-state index contributed by atoms with van der Waals surface area (Å²) < 4.78 is 0. The molecule has 3 aromatic heterocycles. The van der Waals surface area contributed by atoms with Crippen molar-refractivity contribution in [1.82, 2.24) is 19.9 Å². The minimum Gasteiger partial charge on any atom is -0.361 e. The van der Waals surface area contributed by atoms with Gasteiger partial charge in [-0.15, -0.1) is 0 Å². The molecule has 4 heteroatoms. The Morgan fingerprint density at radius 1 is 0.875 bits per heavy atom. The molecule has 0 aliphatic rings. The van der Waals surface area contributed by atoms with E-state index in [0.29, 0.717) is 0 Å². The van der Waals surface area contributed by atoms with Crippen molar-refractivity contribution in [3.05, 3.63) is 49.1 Å². The first-order valence-electron chi connectivity index (χ1n) is 5.03. The van der Waals surface area contributed by atoms with Crippen molar-refractivity contribution in [2.75, 3.05) is 0 Å². The van der Waals surface area contributed by atoms with E-state index in [4.69, 9.17) is 0 Å². The number of aromatic amines is 2.